The van der Waals surface area contributed by atoms with Gasteiger partial charge in [-0.05, 0) is 42.5 Å². The van der Waals surface area contributed by atoms with Crippen molar-refractivity contribution < 1.29 is 34.1 Å². The first-order chi connectivity index (χ1) is 12.8. The van der Waals surface area contributed by atoms with Crippen LogP contribution in [0.1, 0.15) is 20.7 Å². The molecule has 1 heterocycles. The SMILES string of the molecule is O=C(CN1C(=O)COc2ccc(C(=O)O)cc21)Nc1ccc(C(=O)O)cc1. The third-order valence-corrected chi connectivity index (χ3v) is 3.87. The van der Waals surface area contributed by atoms with Crippen LogP contribution in [0.15, 0.2) is 42.5 Å². The normalized spacial score (nSPS) is 12.7. The predicted octanol–water partition coefficient (Wildman–Crippen LogP) is 1.45. The number of amides is 2. The van der Waals surface area contributed by atoms with Gasteiger partial charge in [0.05, 0.1) is 16.8 Å². The molecule has 0 bridgehead atoms. The van der Waals surface area contributed by atoms with Gasteiger partial charge in [0.1, 0.15) is 12.3 Å². The summed E-state index contributed by atoms with van der Waals surface area (Å²) in [6.07, 6.45) is 0. The molecule has 0 aliphatic carbocycles. The Morgan fingerprint density at radius 2 is 1.63 bits per heavy atom. The molecule has 2 amide bonds. The van der Waals surface area contributed by atoms with Gasteiger partial charge >= 0.3 is 11.9 Å². The average molecular weight is 370 g/mol. The van der Waals surface area contributed by atoms with E-state index in [1.165, 1.54) is 42.5 Å². The molecular weight excluding hydrogens is 356 g/mol. The van der Waals surface area contributed by atoms with E-state index in [4.69, 9.17) is 14.9 Å². The number of carbonyl (C=O) groups is 4. The zero-order valence-corrected chi connectivity index (χ0v) is 13.8. The van der Waals surface area contributed by atoms with E-state index < -0.39 is 23.8 Å². The van der Waals surface area contributed by atoms with Crippen molar-refractivity contribution in [3.8, 4) is 5.75 Å². The quantitative estimate of drug-likeness (QED) is 0.725. The molecule has 9 heteroatoms. The number of hydrogen-bond donors (Lipinski definition) is 3. The lowest BCUT2D eigenvalue weighted by atomic mass is 10.1. The van der Waals surface area contributed by atoms with E-state index in [0.29, 0.717) is 11.4 Å². The molecule has 0 saturated heterocycles. The van der Waals surface area contributed by atoms with Crippen molar-refractivity contribution in [3.63, 3.8) is 0 Å². The summed E-state index contributed by atoms with van der Waals surface area (Å²) in [6, 6.07) is 9.58. The van der Waals surface area contributed by atoms with Crippen molar-refractivity contribution in [2.24, 2.45) is 0 Å². The molecular formula is C18H14N2O7. The minimum absolute atomic E-state index is 0.0401. The second kappa shape index (κ2) is 7.16. The minimum Gasteiger partial charge on any atom is -0.482 e. The fraction of sp³-hybridized carbons (Fsp3) is 0.111. The molecule has 9 nitrogen and oxygen atoms in total. The van der Waals surface area contributed by atoms with Crippen molar-refractivity contribution in [2.45, 2.75) is 0 Å². The summed E-state index contributed by atoms with van der Waals surface area (Å²) >= 11 is 0. The number of carboxylic acids is 2. The van der Waals surface area contributed by atoms with Gasteiger partial charge in [0, 0.05) is 5.69 Å². The molecule has 0 fully saturated rings. The van der Waals surface area contributed by atoms with Crippen LogP contribution < -0.4 is 15.0 Å². The van der Waals surface area contributed by atoms with Gasteiger partial charge < -0.3 is 20.3 Å². The van der Waals surface area contributed by atoms with Gasteiger partial charge in [-0.25, -0.2) is 9.59 Å². The smallest absolute Gasteiger partial charge is 0.335 e. The maximum atomic E-state index is 12.3. The summed E-state index contributed by atoms with van der Waals surface area (Å²) < 4.78 is 5.26. The molecule has 27 heavy (non-hydrogen) atoms. The molecule has 1 aliphatic rings. The van der Waals surface area contributed by atoms with Gasteiger partial charge in [-0.15, -0.1) is 0 Å². The van der Waals surface area contributed by atoms with Gasteiger partial charge in [0.25, 0.3) is 5.91 Å². The van der Waals surface area contributed by atoms with E-state index in [2.05, 4.69) is 5.32 Å². The largest absolute Gasteiger partial charge is 0.482 e. The van der Waals surface area contributed by atoms with Crippen LogP contribution in [-0.4, -0.2) is 47.1 Å². The Morgan fingerprint density at radius 1 is 1.00 bits per heavy atom. The molecule has 0 radical (unpaired) electrons. The molecule has 0 spiro atoms. The second-order valence-electron chi connectivity index (χ2n) is 5.69. The first-order valence-corrected chi connectivity index (χ1v) is 7.79. The highest BCUT2D eigenvalue weighted by Crippen LogP contribution is 2.33. The molecule has 138 valence electrons. The first-order valence-electron chi connectivity index (χ1n) is 7.79. The van der Waals surface area contributed by atoms with Crippen LogP contribution >= 0.6 is 0 Å². The number of fused-ring (bicyclic) bond motifs is 1. The standard InChI is InChI=1S/C18H14N2O7/c21-15(19-12-4-1-10(2-5-12)17(23)24)8-20-13-7-11(18(25)26)3-6-14(13)27-9-16(20)22/h1-7H,8-9H2,(H,19,21)(H,23,24)(H,25,26). The maximum absolute atomic E-state index is 12.3. The molecule has 2 aromatic rings. The van der Waals surface area contributed by atoms with Crippen LogP contribution in [0.4, 0.5) is 11.4 Å². The van der Waals surface area contributed by atoms with Gasteiger partial charge in [-0.3, -0.25) is 14.5 Å². The van der Waals surface area contributed by atoms with E-state index >= 15 is 0 Å². The van der Waals surface area contributed by atoms with Crippen LogP contribution in [0.2, 0.25) is 0 Å². The highest BCUT2D eigenvalue weighted by molar-refractivity contribution is 6.06. The lowest BCUT2D eigenvalue weighted by Crippen LogP contribution is -2.43. The van der Waals surface area contributed by atoms with E-state index in [1.807, 2.05) is 0 Å². The summed E-state index contributed by atoms with van der Waals surface area (Å²) in [5.41, 5.74) is 0.598. The number of aromatic carboxylic acids is 2. The Morgan fingerprint density at radius 3 is 2.26 bits per heavy atom. The molecule has 3 rings (SSSR count). The summed E-state index contributed by atoms with van der Waals surface area (Å²) in [7, 11) is 0. The Kier molecular flexibility index (Phi) is 4.75. The number of anilines is 2. The number of nitrogens with zero attached hydrogens (tertiary/aromatic N) is 1. The lowest BCUT2D eigenvalue weighted by Gasteiger charge is -2.29. The molecule has 2 aromatic carbocycles. The molecule has 1 aliphatic heterocycles. The Labute approximate surface area is 152 Å². The topological polar surface area (TPSA) is 133 Å². The fourth-order valence-corrected chi connectivity index (χ4v) is 2.55. The number of ether oxygens (including phenoxy) is 1. The van der Waals surface area contributed by atoms with E-state index in [0.717, 1.165) is 4.90 Å². The molecule has 3 N–H and O–H groups in total. The van der Waals surface area contributed by atoms with Crippen molar-refractivity contribution >= 4 is 35.1 Å². The first kappa shape index (κ1) is 17.9. The number of benzene rings is 2. The summed E-state index contributed by atoms with van der Waals surface area (Å²) in [5, 5.41) is 20.5. The van der Waals surface area contributed by atoms with E-state index in [-0.39, 0.29) is 30.0 Å². The van der Waals surface area contributed by atoms with Crippen molar-refractivity contribution in [3.05, 3.63) is 53.6 Å². The van der Waals surface area contributed by atoms with E-state index in [1.54, 1.807) is 0 Å². The Hall–Kier alpha value is -3.88. The zero-order chi connectivity index (χ0) is 19.6. The summed E-state index contributed by atoms with van der Waals surface area (Å²) in [6.45, 7) is -0.612. The molecule has 0 aromatic heterocycles. The molecule has 0 atom stereocenters. The van der Waals surface area contributed by atoms with Gasteiger partial charge in [-0.2, -0.15) is 0 Å². The summed E-state index contributed by atoms with van der Waals surface area (Å²) in [5.74, 6) is -2.96. The number of hydrogen-bond acceptors (Lipinski definition) is 5. The monoisotopic (exact) mass is 370 g/mol. The Bertz CT molecular complexity index is 937. The van der Waals surface area contributed by atoms with Crippen LogP contribution in [0.5, 0.6) is 5.75 Å². The average Bonchev–Trinajstić information content (AvgIpc) is 2.64. The third kappa shape index (κ3) is 3.87. The minimum atomic E-state index is -1.17. The van der Waals surface area contributed by atoms with Crippen molar-refractivity contribution in [1.82, 2.24) is 0 Å². The van der Waals surface area contributed by atoms with Crippen LogP contribution in [0, 0.1) is 0 Å². The van der Waals surface area contributed by atoms with Gasteiger partial charge in [0.15, 0.2) is 6.61 Å². The van der Waals surface area contributed by atoms with Crippen molar-refractivity contribution in [1.29, 1.82) is 0 Å². The van der Waals surface area contributed by atoms with Gasteiger partial charge in [-0.1, -0.05) is 0 Å². The zero-order valence-electron chi connectivity index (χ0n) is 13.8. The van der Waals surface area contributed by atoms with Crippen LogP contribution in [-0.2, 0) is 9.59 Å². The fourth-order valence-electron chi connectivity index (χ4n) is 2.55. The molecule has 0 saturated carbocycles. The van der Waals surface area contributed by atoms with Crippen LogP contribution in [0.3, 0.4) is 0 Å². The highest BCUT2D eigenvalue weighted by atomic mass is 16.5. The predicted molar refractivity (Wildman–Crippen MR) is 93.3 cm³/mol. The van der Waals surface area contributed by atoms with Crippen LogP contribution in [0.25, 0.3) is 0 Å². The maximum Gasteiger partial charge on any atom is 0.335 e. The number of carbonyl (C=O) groups excluding carboxylic acids is 2. The van der Waals surface area contributed by atoms with Crippen molar-refractivity contribution in [2.75, 3.05) is 23.4 Å². The highest BCUT2D eigenvalue weighted by Gasteiger charge is 2.28. The molecule has 0 unspecified atom stereocenters. The third-order valence-electron chi connectivity index (χ3n) is 3.87. The summed E-state index contributed by atoms with van der Waals surface area (Å²) in [4.78, 5) is 47.6. The number of nitrogens with one attached hydrogen (secondary N) is 1. The number of carboxylic acid groups (broad SMARTS) is 2. The Balaban J connectivity index is 1.77. The lowest BCUT2D eigenvalue weighted by molar-refractivity contribution is -0.123. The van der Waals surface area contributed by atoms with Gasteiger partial charge in [0.2, 0.25) is 5.91 Å². The number of rotatable bonds is 5. The van der Waals surface area contributed by atoms with E-state index in [9.17, 15) is 19.2 Å². The second-order valence-corrected chi connectivity index (χ2v) is 5.69.